The molecule has 1 amide bonds. The smallest absolute Gasteiger partial charge is 0.339 e. The number of ether oxygens (including phenoxy) is 1. The molecular formula is C20H24N2O3S. The van der Waals surface area contributed by atoms with Crippen molar-refractivity contribution >= 4 is 34.6 Å². The van der Waals surface area contributed by atoms with E-state index in [1.165, 1.54) is 18.5 Å². The van der Waals surface area contributed by atoms with Crippen LogP contribution in [0.25, 0.3) is 0 Å². The highest BCUT2D eigenvalue weighted by atomic mass is 32.1. The lowest BCUT2D eigenvalue weighted by Gasteiger charge is -2.20. The number of amides is 1. The minimum Gasteiger partial charge on any atom is -0.452 e. The van der Waals surface area contributed by atoms with E-state index in [2.05, 4.69) is 10.2 Å². The monoisotopic (exact) mass is 372 g/mol. The van der Waals surface area contributed by atoms with E-state index in [4.69, 9.17) is 4.74 Å². The van der Waals surface area contributed by atoms with Gasteiger partial charge < -0.3 is 15.0 Å². The maximum absolute atomic E-state index is 12.1. The lowest BCUT2D eigenvalue weighted by Crippen LogP contribution is -2.21. The quantitative estimate of drug-likeness (QED) is 0.804. The number of thiophene rings is 1. The molecule has 1 fully saturated rings. The molecule has 0 saturated carbocycles. The van der Waals surface area contributed by atoms with E-state index < -0.39 is 5.97 Å². The molecule has 2 heterocycles. The second-order valence-corrected chi connectivity index (χ2v) is 8.11. The van der Waals surface area contributed by atoms with E-state index in [1.54, 1.807) is 17.4 Å². The number of anilines is 2. The van der Waals surface area contributed by atoms with E-state index in [0.717, 1.165) is 28.4 Å². The van der Waals surface area contributed by atoms with Crippen molar-refractivity contribution < 1.29 is 14.3 Å². The van der Waals surface area contributed by atoms with Gasteiger partial charge in [0.15, 0.2) is 6.61 Å². The van der Waals surface area contributed by atoms with E-state index in [-0.39, 0.29) is 12.5 Å². The van der Waals surface area contributed by atoms with Crippen molar-refractivity contribution in [3.8, 4) is 0 Å². The van der Waals surface area contributed by atoms with Gasteiger partial charge in [-0.15, -0.1) is 11.3 Å². The highest BCUT2D eigenvalue weighted by Crippen LogP contribution is 2.26. The fourth-order valence-electron chi connectivity index (χ4n) is 3.29. The van der Waals surface area contributed by atoms with E-state index in [9.17, 15) is 9.59 Å². The van der Waals surface area contributed by atoms with Crippen LogP contribution in [0, 0.1) is 20.8 Å². The summed E-state index contributed by atoms with van der Waals surface area (Å²) in [5.41, 5.74) is 3.60. The van der Waals surface area contributed by atoms with Crippen LogP contribution < -0.4 is 10.2 Å². The van der Waals surface area contributed by atoms with Gasteiger partial charge in [0.1, 0.15) is 0 Å². The van der Waals surface area contributed by atoms with Gasteiger partial charge in [0.05, 0.1) is 5.56 Å². The van der Waals surface area contributed by atoms with Gasteiger partial charge in [-0.05, 0) is 63.4 Å². The molecule has 0 bridgehead atoms. The minimum absolute atomic E-state index is 0.292. The zero-order chi connectivity index (χ0) is 18.7. The number of nitrogens with zero attached hydrogens (tertiary/aromatic N) is 1. The third kappa shape index (κ3) is 4.25. The summed E-state index contributed by atoms with van der Waals surface area (Å²) in [5, 5.41) is 2.80. The molecule has 26 heavy (non-hydrogen) atoms. The first kappa shape index (κ1) is 18.5. The molecule has 0 radical (unpaired) electrons. The van der Waals surface area contributed by atoms with E-state index in [0.29, 0.717) is 11.3 Å². The Morgan fingerprint density at radius 3 is 2.50 bits per heavy atom. The molecule has 2 aromatic rings. The van der Waals surface area contributed by atoms with Crippen LogP contribution in [0.15, 0.2) is 24.3 Å². The van der Waals surface area contributed by atoms with Crippen molar-refractivity contribution in [2.24, 2.45) is 0 Å². The van der Waals surface area contributed by atoms with Crippen LogP contribution in [0.3, 0.4) is 0 Å². The number of hydrogen-bond acceptors (Lipinski definition) is 5. The van der Waals surface area contributed by atoms with Gasteiger partial charge >= 0.3 is 5.97 Å². The largest absolute Gasteiger partial charge is 0.452 e. The number of hydrogen-bond donors (Lipinski definition) is 1. The molecule has 3 rings (SSSR count). The summed E-state index contributed by atoms with van der Waals surface area (Å²) in [6, 6.07) is 7.69. The lowest BCUT2D eigenvalue weighted by molar-refractivity contribution is -0.119. The predicted octanol–water partition coefficient (Wildman–Crippen LogP) is 4.07. The second-order valence-electron chi connectivity index (χ2n) is 6.65. The Balaban J connectivity index is 1.55. The summed E-state index contributed by atoms with van der Waals surface area (Å²) in [6.45, 7) is 7.74. The van der Waals surface area contributed by atoms with Gasteiger partial charge in [0, 0.05) is 34.2 Å². The van der Waals surface area contributed by atoms with Gasteiger partial charge in [0.25, 0.3) is 5.91 Å². The first-order chi connectivity index (χ1) is 12.4. The molecule has 1 aliphatic heterocycles. The summed E-state index contributed by atoms with van der Waals surface area (Å²) < 4.78 is 5.14. The van der Waals surface area contributed by atoms with Gasteiger partial charge in [-0.1, -0.05) is 0 Å². The highest BCUT2D eigenvalue weighted by Gasteiger charge is 2.16. The fraction of sp³-hybridized carbons (Fsp3) is 0.400. The molecule has 1 saturated heterocycles. The highest BCUT2D eigenvalue weighted by molar-refractivity contribution is 7.12. The van der Waals surface area contributed by atoms with Crippen LogP contribution in [-0.2, 0) is 9.53 Å². The van der Waals surface area contributed by atoms with Crippen molar-refractivity contribution in [1.82, 2.24) is 0 Å². The van der Waals surface area contributed by atoms with Crippen LogP contribution in [0.4, 0.5) is 11.4 Å². The van der Waals surface area contributed by atoms with E-state index in [1.807, 2.05) is 39.0 Å². The fourth-order valence-corrected chi connectivity index (χ4v) is 4.20. The predicted molar refractivity (Wildman–Crippen MR) is 105 cm³/mol. The SMILES string of the molecule is Cc1cc(C(=O)OCC(=O)Nc2ccc(N3CCCC3)c(C)c2)c(C)s1. The zero-order valence-corrected chi connectivity index (χ0v) is 16.2. The first-order valence-corrected chi connectivity index (χ1v) is 9.65. The molecule has 0 atom stereocenters. The second kappa shape index (κ2) is 7.91. The maximum atomic E-state index is 12.1. The third-order valence-electron chi connectivity index (χ3n) is 4.52. The standard InChI is InChI=1S/C20H24N2O3S/c1-13-10-16(6-7-18(13)22-8-4-5-9-22)21-19(23)12-25-20(24)17-11-14(2)26-15(17)3/h6-7,10-11H,4-5,8-9,12H2,1-3H3,(H,21,23). The number of carbonyl (C=O) groups is 2. The molecule has 0 unspecified atom stereocenters. The molecule has 1 aliphatic rings. The number of nitrogens with one attached hydrogen (secondary N) is 1. The summed E-state index contributed by atoms with van der Waals surface area (Å²) in [5.74, 6) is -0.793. The molecule has 1 aromatic carbocycles. The van der Waals surface area contributed by atoms with Gasteiger partial charge in [0.2, 0.25) is 0 Å². The topological polar surface area (TPSA) is 58.6 Å². The van der Waals surface area contributed by atoms with Crippen molar-refractivity contribution in [1.29, 1.82) is 0 Å². The normalized spacial score (nSPS) is 13.7. The Morgan fingerprint density at radius 2 is 1.88 bits per heavy atom. The first-order valence-electron chi connectivity index (χ1n) is 8.83. The number of rotatable bonds is 5. The van der Waals surface area contributed by atoms with Crippen LogP contribution >= 0.6 is 11.3 Å². The Morgan fingerprint density at radius 1 is 1.15 bits per heavy atom. The van der Waals surface area contributed by atoms with Crippen molar-refractivity contribution in [3.05, 3.63) is 45.1 Å². The van der Waals surface area contributed by atoms with Crippen molar-refractivity contribution in [2.45, 2.75) is 33.6 Å². The Bertz CT molecular complexity index is 822. The lowest BCUT2D eigenvalue weighted by atomic mass is 10.1. The molecule has 6 heteroatoms. The summed E-state index contributed by atoms with van der Waals surface area (Å²) in [6.07, 6.45) is 2.46. The minimum atomic E-state index is -0.456. The Labute approximate surface area is 158 Å². The summed E-state index contributed by atoms with van der Waals surface area (Å²) in [4.78, 5) is 28.5. The summed E-state index contributed by atoms with van der Waals surface area (Å²) in [7, 11) is 0. The van der Waals surface area contributed by atoms with Crippen molar-refractivity contribution in [2.75, 3.05) is 29.9 Å². The van der Waals surface area contributed by atoms with Crippen molar-refractivity contribution in [3.63, 3.8) is 0 Å². The third-order valence-corrected chi connectivity index (χ3v) is 5.49. The van der Waals surface area contributed by atoms with Crippen LogP contribution in [0.5, 0.6) is 0 Å². The van der Waals surface area contributed by atoms with Gasteiger partial charge in [-0.2, -0.15) is 0 Å². The molecule has 1 aromatic heterocycles. The Hall–Kier alpha value is -2.34. The van der Waals surface area contributed by atoms with Gasteiger partial charge in [-0.3, -0.25) is 4.79 Å². The molecule has 0 spiro atoms. The molecule has 1 N–H and O–H groups in total. The summed E-state index contributed by atoms with van der Waals surface area (Å²) >= 11 is 1.54. The number of carbonyl (C=O) groups excluding carboxylic acids is 2. The number of esters is 1. The van der Waals surface area contributed by atoms with Crippen LogP contribution in [-0.4, -0.2) is 31.6 Å². The van der Waals surface area contributed by atoms with E-state index >= 15 is 0 Å². The van der Waals surface area contributed by atoms with Crippen LogP contribution in [0.2, 0.25) is 0 Å². The maximum Gasteiger partial charge on any atom is 0.339 e. The van der Waals surface area contributed by atoms with Crippen LogP contribution in [0.1, 0.15) is 38.5 Å². The van der Waals surface area contributed by atoms with Gasteiger partial charge in [-0.25, -0.2) is 4.79 Å². The molecule has 5 nitrogen and oxygen atoms in total. The number of aryl methyl sites for hydroxylation is 3. The average Bonchev–Trinajstić information content (AvgIpc) is 3.22. The molecule has 0 aliphatic carbocycles. The molecule has 138 valence electrons. The Kier molecular flexibility index (Phi) is 5.61. The number of benzene rings is 1. The zero-order valence-electron chi connectivity index (χ0n) is 15.4. The molecular weight excluding hydrogens is 348 g/mol. The average molecular weight is 372 g/mol.